The molecule has 134 valence electrons. The highest BCUT2D eigenvalue weighted by molar-refractivity contribution is 5.80. The van der Waals surface area contributed by atoms with Gasteiger partial charge in [-0.15, -0.1) is 0 Å². The van der Waals surface area contributed by atoms with Gasteiger partial charge >= 0.3 is 5.63 Å². The Bertz CT molecular complexity index is 1060. The van der Waals surface area contributed by atoms with E-state index in [0.717, 1.165) is 16.5 Å². The lowest BCUT2D eigenvalue weighted by Crippen LogP contribution is -2.22. The average molecular weight is 355 g/mol. The third-order valence-electron chi connectivity index (χ3n) is 4.75. The van der Waals surface area contributed by atoms with Crippen molar-refractivity contribution in [3.05, 3.63) is 118 Å². The quantitative estimate of drug-likeness (QED) is 0.513. The number of hydrogen-bond acceptors (Lipinski definition) is 3. The highest BCUT2D eigenvalue weighted by Crippen LogP contribution is 2.24. The van der Waals surface area contributed by atoms with Gasteiger partial charge in [-0.1, -0.05) is 72.8 Å². The van der Waals surface area contributed by atoms with Crippen molar-refractivity contribution in [3.63, 3.8) is 0 Å². The molecule has 1 N–H and O–H groups in total. The summed E-state index contributed by atoms with van der Waals surface area (Å²) in [5.41, 5.74) is 4.70. The van der Waals surface area contributed by atoms with Crippen LogP contribution >= 0.6 is 0 Å². The monoisotopic (exact) mass is 355 g/mol. The summed E-state index contributed by atoms with van der Waals surface area (Å²) < 4.78 is 5.38. The molecule has 4 aromatic rings. The Labute approximate surface area is 158 Å². The molecule has 0 saturated heterocycles. The second kappa shape index (κ2) is 7.60. The molecule has 3 heteroatoms. The molecule has 1 aromatic heterocycles. The Kier molecular flexibility index (Phi) is 4.86. The van der Waals surface area contributed by atoms with Crippen molar-refractivity contribution in [3.8, 4) is 0 Å². The first-order chi connectivity index (χ1) is 13.2. The molecule has 0 bridgehead atoms. The summed E-state index contributed by atoms with van der Waals surface area (Å²) in [6.45, 7) is 2.56. The second-order valence-corrected chi connectivity index (χ2v) is 6.73. The lowest BCUT2D eigenvalue weighted by molar-refractivity contribution is 0.552. The molecule has 0 atom stereocenters. The third kappa shape index (κ3) is 3.83. The Morgan fingerprint density at radius 2 is 1.48 bits per heavy atom. The van der Waals surface area contributed by atoms with Gasteiger partial charge in [-0.25, -0.2) is 4.79 Å². The summed E-state index contributed by atoms with van der Waals surface area (Å²) >= 11 is 0. The van der Waals surface area contributed by atoms with Crippen molar-refractivity contribution in [2.75, 3.05) is 0 Å². The van der Waals surface area contributed by atoms with Crippen LogP contribution < -0.4 is 10.9 Å². The third-order valence-corrected chi connectivity index (χ3v) is 4.75. The predicted octanol–water partition coefficient (Wildman–Crippen LogP) is 4.98. The van der Waals surface area contributed by atoms with Crippen molar-refractivity contribution in [1.82, 2.24) is 5.32 Å². The molecule has 1 heterocycles. The van der Waals surface area contributed by atoms with E-state index in [4.69, 9.17) is 4.42 Å². The fraction of sp³-hybridized carbons (Fsp3) is 0.125. The fourth-order valence-electron chi connectivity index (χ4n) is 3.41. The molecule has 0 fully saturated rings. The molecule has 0 radical (unpaired) electrons. The van der Waals surface area contributed by atoms with E-state index in [1.807, 2.05) is 61.5 Å². The minimum atomic E-state index is -0.319. The van der Waals surface area contributed by atoms with Crippen LogP contribution in [0.5, 0.6) is 0 Å². The van der Waals surface area contributed by atoms with Crippen LogP contribution in [-0.4, -0.2) is 0 Å². The van der Waals surface area contributed by atoms with Gasteiger partial charge in [0, 0.05) is 18.0 Å². The van der Waals surface area contributed by atoms with Gasteiger partial charge in [-0.3, -0.25) is 0 Å². The molecule has 0 aliphatic heterocycles. The normalized spacial score (nSPS) is 11.2. The summed E-state index contributed by atoms with van der Waals surface area (Å²) in [6.07, 6.45) is 0. The van der Waals surface area contributed by atoms with Crippen LogP contribution in [0.4, 0.5) is 0 Å². The summed E-state index contributed by atoms with van der Waals surface area (Å²) in [5, 5.41) is 4.59. The van der Waals surface area contributed by atoms with Gasteiger partial charge in [0.1, 0.15) is 5.58 Å². The first-order valence-electron chi connectivity index (χ1n) is 9.07. The lowest BCUT2D eigenvalue weighted by atomic mass is 9.98. The Morgan fingerprint density at radius 3 is 2.11 bits per heavy atom. The first kappa shape index (κ1) is 17.3. The SMILES string of the molecule is Cc1ccc2c(CNC(c3ccccc3)c3ccccc3)cc(=O)oc2c1. The minimum absolute atomic E-state index is 0.0418. The Morgan fingerprint density at radius 1 is 0.852 bits per heavy atom. The van der Waals surface area contributed by atoms with E-state index in [0.29, 0.717) is 12.1 Å². The van der Waals surface area contributed by atoms with E-state index >= 15 is 0 Å². The number of benzene rings is 3. The molecular weight excluding hydrogens is 334 g/mol. The summed E-state index contributed by atoms with van der Waals surface area (Å²) in [5.74, 6) is 0. The molecule has 0 aliphatic carbocycles. The van der Waals surface area contributed by atoms with Crippen molar-refractivity contribution < 1.29 is 4.42 Å². The van der Waals surface area contributed by atoms with Gasteiger partial charge < -0.3 is 9.73 Å². The highest BCUT2D eigenvalue weighted by atomic mass is 16.4. The lowest BCUT2D eigenvalue weighted by Gasteiger charge is -2.20. The average Bonchev–Trinajstić information content (AvgIpc) is 2.69. The van der Waals surface area contributed by atoms with E-state index in [2.05, 4.69) is 29.6 Å². The van der Waals surface area contributed by atoms with Crippen molar-refractivity contribution in [1.29, 1.82) is 0 Å². The van der Waals surface area contributed by atoms with Crippen LogP contribution in [0, 0.1) is 6.92 Å². The van der Waals surface area contributed by atoms with Crippen LogP contribution in [0.3, 0.4) is 0 Å². The van der Waals surface area contributed by atoms with Gasteiger partial charge in [0.15, 0.2) is 0 Å². The van der Waals surface area contributed by atoms with Crippen molar-refractivity contribution in [2.24, 2.45) is 0 Å². The number of fused-ring (bicyclic) bond motifs is 1. The maximum Gasteiger partial charge on any atom is 0.336 e. The largest absolute Gasteiger partial charge is 0.423 e. The fourth-order valence-corrected chi connectivity index (χ4v) is 3.41. The summed E-state index contributed by atoms with van der Waals surface area (Å²) in [7, 11) is 0. The zero-order valence-corrected chi connectivity index (χ0v) is 15.2. The van der Waals surface area contributed by atoms with Crippen LogP contribution in [0.25, 0.3) is 11.0 Å². The standard InChI is InChI=1S/C24H21NO2/c1-17-12-13-21-20(15-23(26)27-22(21)14-17)16-25-24(18-8-4-2-5-9-18)19-10-6-3-7-11-19/h2-15,24-25H,16H2,1H3. The molecule has 0 saturated carbocycles. The zero-order valence-electron chi connectivity index (χ0n) is 15.2. The molecule has 27 heavy (non-hydrogen) atoms. The van der Waals surface area contributed by atoms with E-state index in [1.54, 1.807) is 6.07 Å². The maximum atomic E-state index is 12.0. The molecule has 4 rings (SSSR count). The number of hydrogen-bond donors (Lipinski definition) is 1. The van der Waals surface area contributed by atoms with E-state index in [1.165, 1.54) is 11.1 Å². The smallest absolute Gasteiger partial charge is 0.336 e. The Balaban J connectivity index is 1.69. The van der Waals surface area contributed by atoms with Gasteiger partial charge in [0.2, 0.25) is 0 Å². The number of nitrogens with one attached hydrogen (secondary N) is 1. The van der Waals surface area contributed by atoms with Crippen LogP contribution in [0.1, 0.15) is 28.3 Å². The van der Waals surface area contributed by atoms with Crippen LogP contribution in [0.2, 0.25) is 0 Å². The second-order valence-electron chi connectivity index (χ2n) is 6.73. The predicted molar refractivity (Wildman–Crippen MR) is 109 cm³/mol. The van der Waals surface area contributed by atoms with Crippen LogP contribution in [-0.2, 0) is 6.54 Å². The van der Waals surface area contributed by atoms with Gasteiger partial charge in [0.05, 0.1) is 6.04 Å². The highest BCUT2D eigenvalue weighted by Gasteiger charge is 2.14. The van der Waals surface area contributed by atoms with E-state index < -0.39 is 0 Å². The molecular formula is C24H21NO2. The van der Waals surface area contributed by atoms with Gasteiger partial charge in [0.25, 0.3) is 0 Å². The van der Waals surface area contributed by atoms with Crippen LogP contribution in [0.15, 0.2) is 94.1 Å². The maximum absolute atomic E-state index is 12.0. The molecule has 0 unspecified atom stereocenters. The zero-order chi connectivity index (χ0) is 18.6. The summed E-state index contributed by atoms with van der Waals surface area (Å²) in [4.78, 5) is 12.0. The molecule has 3 nitrogen and oxygen atoms in total. The van der Waals surface area contributed by atoms with Crippen molar-refractivity contribution >= 4 is 11.0 Å². The number of aryl methyl sites for hydroxylation is 1. The topological polar surface area (TPSA) is 42.2 Å². The molecule has 0 spiro atoms. The number of rotatable bonds is 5. The van der Waals surface area contributed by atoms with Crippen molar-refractivity contribution in [2.45, 2.75) is 19.5 Å². The Hall–Kier alpha value is -3.17. The van der Waals surface area contributed by atoms with E-state index in [-0.39, 0.29) is 11.7 Å². The van der Waals surface area contributed by atoms with E-state index in [9.17, 15) is 4.79 Å². The van der Waals surface area contributed by atoms with Gasteiger partial charge in [-0.05, 0) is 35.2 Å². The van der Waals surface area contributed by atoms with Gasteiger partial charge in [-0.2, -0.15) is 0 Å². The molecule has 0 amide bonds. The summed E-state index contributed by atoms with van der Waals surface area (Å²) in [6, 6.07) is 28.3. The minimum Gasteiger partial charge on any atom is -0.423 e. The molecule has 0 aliphatic rings. The first-order valence-corrected chi connectivity index (χ1v) is 9.07. The molecule has 3 aromatic carbocycles.